The molecule has 68 valence electrons. The molecule has 0 spiro atoms. The van der Waals surface area contributed by atoms with Crippen molar-refractivity contribution >= 4 is 9.47 Å². The van der Waals surface area contributed by atoms with Gasteiger partial charge in [0.1, 0.15) is 0 Å². The van der Waals surface area contributed by atoms with E-state index in [0.717, 1.165) is 0 Å². The van der Waals surface area contributed by atoms with Crippen LogP contribution in [-0.2, 0) is 4.52 Å². The SMILES string of the molecule is OCC(O)CC[C@@H](O)COP. The maximum Gasteiger partial charge on any atom is 0.0777 e. The second-order valence-corrected chi connectivity index (χ2v) is 2.73. The Labute approximate surface area is 68.5 Å². The number of aliphatic hydroxyl groups is 3. The zero-order valence-electron chi connectivity index (χ0n) is 6.31. The molecule has 0 aliphatic heterocycles. The van der Waals surface area contributed by atoms with Gasteiger partial charge in [0.15, 0.2) is 0 Å². The van der Waals surface area contributed by atoms with Crippen molar-refractivity contribution in [2.45, 2.75) is 25.0 Å². The van der Waals surface area contributed by atoms with Crippen molar-refractivity contribution in [1.29, 1.82) is 0 Å². The van der Waals surface area contributed by atoms with Crippen LogP contribution in [0.4, 0.5) is 0 Å². The van der Waals surface area contributed by atoms with E-state index in [1.165, 1.54) is 0 Å². The van der Waals surface area contributed by atoms with Gasteiger partial charge in [0.2, 0.25) is 0 Å². The third-order valence-electron chi connectivity index (χ3n) is 1.33. The second-order valence-electron chi connectivity index (χ2n) is 2.40. The molecular weight excluding hydrogens is 167 g/mol. The number of hydrogen-bond donors (Lipinski definition) is 3. The Balaban J connectivity index is 3.22. The predicted molar refractivity (Wildman–Crippen MR) is 44.0 cm³/mol. The van der Waals surface area contributed by atoms with Gasteiger partial charge in [-0.05, 0) is 12.8 Å². The van der Waals surface area contributed by atoms with Crippen LogP contribution in [-0.4, -0.2) is 40.7 Å². The molecule has 0 bridgehead atoms. The summed E-state index contributed by atoms with van der Waals surface area (Å²) in [5, 5.41) is 26.3. The topological polar surface area (TPSA) is 69.9 Å². The lowest BCUT2D eigenvalue weighted by molar-refractivity contribution is 0.0565. The third-order valence-corrected chi connectivity index (χ3v) is 1.52. The van der Waals surface area contributed by atoms with E-state index in [2.05, 4.69) is 4.52 Å². The Morgan fingerprint density at radius 3 is 2.18 bits per heavy atom. The molecule has 0 radical (unpaired) electrons. The summed E-state index contributed by atoms with van der Waals surface area (Å²) in [5.41, 5.74) is 0. The standard InChI is InChI=1S/C6H15O4P/c7-3-5(8)1-2-6(9)4-10-11/h5-9H,1-4,11H2/t5?,6-/m1/s1. The Hall–Kier alpha value is 0.270. The van der Waals surface area contributed by atoms with E-state index in [1.807, 2.05) is 9.47 Å². The normalized spacial score (nSPS) is 16.4. The van der Waals surface area contributed by atoms with Gasteiger partial charge in [0, 0.05) is 9.47 Å². The van der Waals surface area contributed by atoms with Crippen molar-refractivity contribution in [1.82, 2.24) is 0 Å². The second kappa shape index (κ2) is 6.95. The highest BCUT2D eigenvalue weighted by Gasteiger charge is 2.07. The minimum Gasteiger partial charge on any atom is -0.394 e. The molecule has 3 N–H and O–H groups in total. The van der Waals surface area contributed by atoms with Crippen LogP contribution >= 0.6 is 9.47 Å². The van der Waals surface area contributed by atoms with Crippen molar-refractivity contribution in [2.75, 3.05) is 13.2 Å². The Morgan fingerprint density at radius 2 is 1.73 bits per heavy atom. The first-order valence-corrected chi connectivity index (χ1v) is 3.96. The molecule has 0 aromatic rings. The minimum atomic E-state index is -0.728. The quantitative estimate of drug-likeness (QED) is 0.474. The first-order chi connectivity index (χ1) is 5.20. The first kappa shape index (κ1) is 11.3. The van der Waals surface area contributed by atoms with Crippen LogP contribution in [0.5, 0.6) is 0 Å². The average molecular weight is 182 g/mol. The zero-order valence-corrected chi connectivity index (χ0v) is 7.47. The monoisotopic (exact) mass is 182 g/mol. The molecule has 0 amide bonds. The summed E-state index contributed by atoms with van der Waals surface area (Å²) in [4.78, 5) is 0. The van der Waals surface area contributed by atoms with E-state index in [-0.39, 0.29) is 13.2 Å². The van der Waals surface area contributed by atoms with Crippen molar-refractivity contribution in [3.8, 4) is 0 Å². The van der Waals surface area contributed by atoms with Crippen molar-refractivity contribution in [3.63, 3.8) is 0 Å². The Bertz CT molecular complexity index is 90.7. The molecule has 11 heavy (non-hydrogen) atoms. The molecule has 0 fully saturated rings. The summed E-state index contributed by atoms with van der Waals surface area (Å²) < 4.78 is 4.59. The van der Waals surface area contributed by atoms with Crippen molar-refractivity contribution in [2.24, 2.45) is 0 Å². The van der Waals surface area contributed by atoms with Gasteiger partial charge in [0.05, 0.1) is 25.4 Å². The highest BCUT2D eigenvalue weighted by Crippen LogP contribution is 2.02. The molecule has 0 saturated carbocycles. The predicted octanol–water partition coefficient (Wildman–Crippen LogP) is -0.713. The van der Waals surface area contributed by atoms with Gasteiger partial charge >= 0.3 is 0 Å². The smallest absolute Gasteiger partial charge is 0.0777 e. The number of aliphatic hydroxyl groups excluding tert-OH is 3. The minimum absolute atomic E-state index is 0.239. The van der Waals surface area contributed by atoms with Crippen LogP contribution in [0.3, 0.4) is 0 Å². The van der Waals surface area contributed by atoms with Crippen molar-refractivity contribution < 1.29 is 19.8 Å². The van der Waals surface area contributed by atoms with Crippen LogP contribution in [0.1, 0.15) is 12.8 Å². The first-order valence-electron chi connectivity index (χ1n) is 3.49. The molecule has 5 heteroatoms. The van der Waals surface area contributed by atoms with Crippen LogP contribution in [0, 0.1) is 0 Å². The van der Waals surface area contributed by atoms with Crippen LogP contribution < -0.4 is 0 Å². The highest BCUT2D eigenvalue weighted by molar-refractivity contribution is 7.09. The molecule has 4 nitrogen and oxygen atoms in total. The molecule has 0 aliphatic carbocycles. The van der Waals surface area contributed by atoms with Crippen LogP contribution in [0.2, 0.25) is 0 Å². The van der Waals surface area contributed by atoms with Gasteiger partial charge in [-0.1, -0.05) is 0 Å². The molecule has 0 aliphatic rings. The molecule has 3 atom stereocenters. The summed E-state index contributed by atoms with van der Waals surface area (Å²) in [6.45, 7) is -0.0166. The van der Waals surface area contributed by atoms with E-state index in [4.69, 9.17) is 15.3 Å². The van der Waals surface area contributed by atoms with Gasteiger partial charge in [-0.25, -0.2) is 0 Å². The Morgan fingerprint density at radius 1 is 1.18 bits per heavy atom. The van der Waals surface area contributed by atoms with E-state index < -0.39 is 12.2 Å². The molecule has 2 unspecified atom stereocenters. The molecular formula is C6H15O4P. The lowest BCUT2D eigenvalue weighted by Crippen LogP contribution is -2.18. The van der Waals surface area contributed by atoms with E-state index in [0.29, 0.717) is 12.8 Å². The van der Waals surface area contributed by atoms with Crippen LogP contribution in [0.25, 0.3) is 0 Å². The van der Waals surface area contributed by atoms with Gasteiger partial charge in [0.25, 0.3) is 0 Å². The Kier molecular flexibility index (Phi) is 7.12. The zero-order chi connectivity index (χ0) is 8.69. The van der Waals surface area contributed by atoms with E-state index >= 15 is 0 Å². The summed E-state index contributed by atoms with van der Waals surface area (Å²) in [6.07, 6.45) is -0.454. The fraction of sp³-hybridized carbons (Fsp3) is 1.00. The lowest BCUT2D eigenvalue weighted by atomic mass is 10.1. The summed E-state index contributed by atoms with van der Waals surface area (Å²) in [5.74, 6) is 0. The molecule has 0 aromatic carbocycles. The summed E-state index contributed by atoms with van der Waals surface area (Å²) in [7, 11) is 2.04. The molecule has 0 aromatic heterocycles. The largest absolute Gasteiger partial charge is 0.394 e. The van der Waals surface area contributed by atoms with Gasteiger partial charge < -0.3 is 19.8 Å². The highest BCUT2D eigenvalue weighted by atomic mass is 31.0. The van der Waals surface area contributed by atoms with Gasteiger partial charge in [-0.2, -0.15) is 0 Å². The fourth-order valence-corrected chi connectivity index (χ4v) is 0.893. The van der Waals surface area contributed by atoms with E-state index in [9.17, 15) is 0 Å². The van der Waals surface area contributed by atoms with Gasteiger partial charge in [-0.3, -0.25) is 0 Å². The summed E-state index contributed by atoms with van der Waals surface area (Å²) in [6, 6.07) is 0. The average Bonchev–Trinajstić information content (AvgIpc) is 2.01. The third kappa shape index (κ3) is 6.66. The molecule has 0 heterocycles. The van der Waals surface area contributed by atoms with Crippen LogP contribution in [0.15, 0.2) is 0 Å². The fourth-order valence-electron chi connectivity index (χ4n) is 0.670. The maximum atomic E-state index is 9.06. The maximum absolute atomic E-state index is 9.06. The lowest BCUT2D eigenvalue weighted by Gasteiger charge is -2.10. The number of rotatable bonds is 6. The molecule has 0 rings (SSSR count). The summed E-state index contributed by atoms with van der Waals surface area (Å²) >= 11 is 0. The van der Waals surface area contributed by atoms with E-state index in [1.54, 1.807) is 0 Å². The molecule has 0 saturated heterocycles. The van der Waals surface area contributed by atoms with Crippen molar-refractivity contribution in [3.05, 3.63) is 0 Å². The number of hydrogen-bond acceptors (Lipinski definition) is 4. The van der Waals surface area contributed by atoms with Gasteiger partial charge in [-0.15, -0.1) is 0 Å².